The molecule has 5 heteroatoms. The molecule has 0 spiro atoms. The fourth-order valence-corrected chi connectivity index (χ4v) is 8.77. The van der Waals surface area contributed by atoms with Gasteiger partial charge >= 0.3 is 5.97 Å². The van der Waals surface area contributed by atoms with E-state index in [4.69, 9.17) is 4.74 Å². The summed E-state index contributed by atoms with van der Waals surface area (Å²) in [4.78, 5) is 25.6. The number of carbonyl (C=O) groups is 2. The minimum Gasteiger partial charge on any atom is -0.469 e. The summed E-state index contributed by atoms with van der Waals surface area (Å²) in [5.41, 5.74) is 0.576. The summed E-state index contributed by atoms with van der Waals surface area (Å²) in [6, 6.07) is 0. The lowest BCUT2D eigenvalue weighted by molar-refractivity contribution is -0.172. The molecule has 4 saturated carbocycles. The van der Waals surface area contributed by atoms with E-state index in [1.165, 1.54) is 7.11 Å². The second-order valence-corrected chi connectivity index (χ2v) is 11.7. The van der Waals surface area contributed by atoms with Gasteiger partial charge in [0.05, 0.1) is 19.3 Å². The summed E-state index contributed by atoms with van der Waals surface area (Å²) in [6.45, 7) is 8.70. The molecule has 180 valence electrons. The van der Waals surface area contributed by atoms with Crippen molar-refractivity contribution < 1.29 is 24.5 Å². The molecule has 32 heavy (non-hydrogen) atoms. The number of carbonyl (C=O) groups excluding carboxylic acids is 2. The number of aliphatic hydroxyl groups is 2. The maximum atomic E-state index is 13.9. The number of hydrogen-bond acceptors (Lipinski definition) is 5. The van der Waals surface area contributed by atoms with Crippen LogP contribution in [0.3, 0.4) is 0 Å². The molecule has 10 atom stereocenters. The van der Waals surface area contributed by atoms with Crippen LogP contribution in [-0.2, 0) is 14.3 Å². The van der Waals surface area contributed by atoms with Crippen LogP contribution in [0.25, 0.3) is 0 Å². The first-order valence-electron chi connectivity index (χ1n) is 12.7. The highest BCUT2D eigenvalue weighted by Crippen LogP contribution is 2.68. The van der Waals surface area contributed by atoms with Crippen LogP contribution in [0.4, 0.5) is 0 Å². The van der Waals surface area contributed by atoms with Gasteiger partial charge in [0.1, 0.15) is 0 Å². The molecule has 4 aliphatic carbocycles. The summed E-state index contributed by atoms with van der Waals surface area (Å²) in [5.74, 6) is 1.10. The predicted octanol–water partition coefficient (Wildman–Crippen LogP) is 4.30. The number of allylic oxidation sites excluding steroid dienone is 2. The Morgan fingerprint density at radius 3 is 2.56 bits per heavy atom. The van der Waals surface area contributed by atoms with Crippen LogP contribution >= 0.6 is 0 Å². The summed E-state index contributed by atoms with van der Waals surface area (Å²) in [7, 11) is 1.43. The van der Waals surface area contributed by atoms with E-state index in [1.807, 2.05) is 13.0 Å². The molecule has 0 aromatic carbocycles. The third kappa shape index (κ3) is 3.41. The van der Waals surface area contributed by atoms with E-state index in [0.29, 0.717) is 31.1 Å². The van der Waals surface area contributed by atoms with Crippen molar-refractivity contribution in [2.45, 2.75) is 91.3 Å². The van der Waals surface area contributed by atoms with Crippen LogP contribution < -0.4 is 0 Å². The molecule has 0 aromatic rings. The summed E-state index contributed by atoms with van der Waals surface area (Å²) >= 11 is 0. The number of aliphatic hydroxyl groups excluding tert-OH is 2. The number of Topliss-reactive ketones (excluding diaryl/α,β-unsaturated/α-hetero) is 1. The van der Waals surface area contributed by atoms with Gasteiger partial charge < -0.3 is 14.9 Å². The highest BCUT2D eigenvalue weighted by atomic mass is 16.5. The van der Waals surface area contributed by atoms with Crippen LogP contribution in [0.1, 0.15) is 79.1 Å². The normalized spacial score (nSPS) is 48.0. The SMILES string of the molecule is C/C=C1/C(=O)[C@@H]2[C@H](C[C@H](O)[C@]3(C)[C@@H]([C@H](C)CCC(=O)OC)CC[C@@H]23)[C@@]2(C)CC[C@@H](O)C[C@@H]12. The second-order valence-electron chi connectivity index (χ2n) is 11.7. The molecule has 0 amide bonds. The number of esters is 1. The van der Waals surface area contributed by atoms with Gasteiger partial charge in [0, 0.05) is 17.8 Å². The van der Waals surface area contributed by atoms with Crippen LogP contribution in [-0.4, -0.2) is 41.3 Å². The molecule has 0 heterocycles. The third-order valence-electron chi connectivity index (χ3n) is 10.6. The highest BCUT2D eigenvalue weighted by Gasteiger charge is 2.66. The lowest BCUT2D eigenvalue weighted by Crippen LogP contribution is -2.62. The molecule has 0 bridgehead atoms. The Hall–Kier alpha value is -1.20. The van der Waals surface area contributed by atoms with Crippen molar-refractivity contribution in [2.24, 2.45) is 46.3 Å². The Labute approximate surface area is 193 Å². The Balaban J connectivity index is 1.66. The molecule has 5 nitrogen and oxygen atoms in total. The first kappa shape index (κ1) is 23.9. The monoisotopic (exact) mass is 446 g/mol. The Morgan fingerprint density at radius 1 is 1.19 bits per heavy atom. The van der Waals surface area contributed by atoms with E-state index >= 15 is 0 Å². The smallest absolute Gasteiger partial charge is 0.305 e. The quantitative estimate of drug-likeness (QED) is 0.497. The molecule has 0 aliphatic heterocycles. The zero-order valence-corrected chi connectivity index (χ0v) is 20.5. The minimum absolute atomic E-state index is 0.0381. The van der Waals surface area contributed by atoms with Crippen LogP contribution in [0.2, 0.25) is 0 Å². The fraction of sp³-hybridized carbons (Fsp3) is 0.852. The Bertz CT molecular complexity index is 789. The number of ether oxygens (including phenoxy) is 1. The van der Waals surface area contributed by atoms with Crippen molar-refractivity contribution in [3.63, 3.8) is 0 Å². The van der Waals surface area contributed by atoms with Crippen molar-refractivity contribution in [1.82, 2.24) is 0 Å². The van der Waals surface area contributed by atoms with Crippen LogP contribution in [0.15, 0.2) is 11.6 Å². The molecule has 0 saturated heterocycles. The minimum atomic E-state index is -0.439. The van der Waals surface area contributed by atoms with Gasteiger partial charge in [-0.1, -0.05) is 26.8 Å². The maximum Gasteiger partial charge on any atom is 0.305 e. The molecule has 0 aromatic heterocycles. The first-order valence-corrected chi connectivity index (χ1v) is 12.7. The van der Waals surface area contributed by atoms with Gasteiger partial charge in [0.15, 0.2) is 5.78 Å². The molecule has 4 rings (SSSR count). The predicted molar refractivity (Wildman–Crippen MR) is 123 cm³/mol. The standard InChI is InChI=1S/C27H42O5/c1-6-17-20-13-16(28)11-12-26(20,3)21-14-22(29)27(4)18(15(2)7-10-23(30)32-5)8-9-19(27)24(21)25(17)31/h6,15-16,18-22,24,28-29H,7-14H2,1-5H3/b17-6+/t15-,16-,18-,19+,20+,21+,22+,24+,26+,27-/m1/s1. The molecule has 2 N–H and O–H groups in total. The Morgan fingerprint density at radius 2 is 1.91 bits per heavy atom. The van der Waals surface area contributed by atoms with E-state index in [2.05, 4.69) is 20.8 Å². The van der Waals surface area contributed by atoms with E-state index in [1.54, 1.807) is 0 Å². The van der Waals surface area contributed by atoms with Crippen molar-refractivity contribution in [3.8, 4) is 0 Å². The van der Waals surface area contributed by atoms with Crippen molar-refractivity contribution in [1.29, 1.82) is 0 Å². The van der Waals surface area contributed by atoms with E-state index < -0.39 is 6.10 Å². The lowest BCUT2D eigenvalue weighted by Gasteiger charge is -2.62. The van der Waals surface area contributed by atoms with Gasteiger partial charge in [-0.3, -0.25) is 9.59 Å². The number of fused-ring (bicyclic) bond motifs is 5. The van der Waals surface area contributed by atoms with Gasteiger partial charge in [0.25, 0.3) is 0 Å². The van der Waals surface area contributed by atoms with E-state index in [0.717, 1.165) is 37.7 Å². The van der Waals surface area contributed by atoms with E-state index in [-0.39, 0.29) is 52.4 Å². The molecular formula is C27H42O5. The average Bonchev–Trinajstić information content (AvgIpc) is 3.12. The van der Waals surface area contributed by atoms with Crippen molar-refractivity contribution in [3.05, 3.63) is 11.6 Å². The Kier molecular flexibility index (Phi) is 6.39. The fourth-order valence-electron chi connectivity index (χ4n) is 8.77. The molecule has 0 unspecified atom stereocenters. The zero-order chi connectivity index (χ0) is 23.4. The van der Waals surface area contributed by atoms with Gasteiger partial charge in [-0.2, -0.15) is 0 Å². The van der Waals surface area contributed by atoms with Gasteiger partial charge in [-0.15, -0.1) is 0 Å². The molecular weight excluding hydrogens is 404 g/mol. The van der Waals surface area contributed by atoms with Gasteiger partial charge in [-0.05, 0) is 92.4 Å². The van der Waals surface area contributed by atoms with Gasteiger partial charge in [0.2, 0.25) is 0 Å². The summed E-state index contributed by atoms with van der Waals surface area (Å²) in [6.07, 6.45) is 7.39. The molecule has 4 fully saturated rings. The summed E-state index contributed by atoms with van der Waals surface area (Å²) in [5, 5.41) is 22.0. The maximum absolute atomic E-state index is 13.9. The number of methoxy groups -OCH3 is 1. The highest BCUT2D eigenvalue weighted by molar-refractivity contribution is 5.99. The molecule has 4 aliphatic rings. The van der Waals surface area contributed by atoms with Crippen molar-refractivity contribution in [2.75, 3.05) is 7.11 Å². The largest absolute Gasteiger partial charge is 0.469 e. The summed E-state index contributed by atoms with van der Waals surface area (Å²) < 4.78 is 4.84. The average molecular weight is 447 g/mol. The van der Waals surface area contributed by atoms with Crippen LogP contribution in [0.5, 0.6) is 0 Å². The number of hydrogen-bond donors (Lipinski definition) is 2. The molecule has 0 radical (unpaired) electrons. The first-order chi connectivity index (χ1) is 15.1. The third-order valence-corrected chi connectivity index (χ3v) is 10.6. The van der Waals surface area contributed by atoms with Crippen LogP contribution in [0, 0.1) is 46.3 Å². The number of rotatable bonds is 4. The second kappa shape index (κ2) is 8.54. The van der Waals surface area contributed by atoms with Crippen molar-refractivity contribution >= 4 is 11.8 Å². The number of ketones is 1. The van der Waals surface area contributed by atoms with Gasteiger partial charge in [-0.25, -0.2) is 0 Å². The zero-order valence-electron chi connectivity index (χ0n) is 20.5. The van der Waals surface area contributed by atoms with E-state index in [9.17, 15) is 19.8 Å². The lowest BCUT2D eigenvalue weighted by atomic mass is 9.42. The topological polar surface area (TPSA) is 83.8 Å².